The second-order valence-corrected chi connectivity index (χ2v) is 9.30. The smallest absolute Gasteiger partial charge is 0.228 e. The van der Waals surface area contributed by atoms with Gasteiger partial charge in [-0.15, -0.1) is 0 Å². The molecule has 2 aliphatic heterocycles. The lowest BCUT2D eigenvalue weighted by Crippen LogP contribution is -2.42. The molecule has 6 nitrogen and oxygen atoms in total. The molecule has 1 aromatic carbocycles. The standard InChI is InChI=1S/C24H35N3O3/c1-25(2)20-11-9-18(10-12-20)15-26(17-22-8-5-13-30-22)24(29)19-14-23(28)27(16-19)21-6-3-4-7-21/h9-12,19,21-22H,3-8,13-17H2,1-2H3/t19-,22+/m0/s1. The average Bonchev–Trinajstić information content (AvgIpc) is 3.49. The molecule has 3 aliphatic rings. The predicted octanol–water partition coefficient (Wildman–Crippen LogP) is 3.05. The summed E-state index contributed by atoms with van der Waals surface area (Å²) in [7, 11) is 4.05. The van der Waals surface area contributed by atoms with Crippen molar-refractivity contribution in [1.29, 1.82) is 0 Å². The maximum absolute atomic E-state index is 13.5. The zero-order valence-corrected chi connectivity index (χ0v) is 18.4. The van der Waals surface area contributed by atoms with Crippen LogP contribution in [0.4, 0.5) is 5.69 Å². The van der Waals surface area contributed by atoms with Crippen molar-refractivity contribution in [2.75, 3.05) is 38.7 Å². The molecule has 1 aliphatic carbocycles. The van der Waals surface area contributed by atoms with Crippen molar-refractivity contribution in [1.82, 2.24) is 9.80 Å². The molecule has 30 heavy (non-hydrogen) atoms. The molecular formula is C24H35N3O3. The molecule has 0 spiro atoms. The van der Waals surface area contributed by atoms with Crippen LogP contribution in [0.5, 0.6) is 0 Å². The molecule has 0 N–H and O–H groups in total. The fraction of sp³-hybridized carbons (Fsp3) is 0.667. The van der Waals surface area contributed by atoms with E-state index in [1.54, 1.807) is 0 Å². The minimum absolute atomic E-state index is 0.107. The Morgan fingerprint density at radius 2 is 1.83 bits per heavy atom. The third kappa shape index (κ3) is 4.80. The first-order valence-corrected chi connectivity index (χ1v) is 11.5. The molecule has 0 unspecified atom stereocenters. The summed E-state index contributed by atoms with van der Waals surface area (Å²) in [6, 6.07) is 8.71. The lowest BCUT2D eigenvalue weighted by molar-refractivity contribution is -0.138. The van der Waals surface area contributed by atoms with E-state index in [1.807, 2.05) is 23.9 Å². The molecule has 164 valence electrons. The first kappa shape index (κ1) is 21.2. The summed E-state index contributed by atoms with van der Waals surface area (Å²) in [6.45, 7) is 2.55. The summed E-state index contributed by atoms with van der Waals surface area (Å²) in [5.41, 5.74) is 2.26. The van der Waals surface area contributed by atoms with Gasteiger partial charge in [-0.05, 0) is 43.4 Å². The Kier molecular flexibility index (Phi) is 6.61. The molecule has 2 atom stereocenters. The lowest BCUT2D eigenvalue weighted by atomic mass is 10.1. The van der Waals surface area contributed by atoms with Crippen LogP contribution in [0, 0.1) is 5.92 Å². The van der Waals surface area contributed by atoms with E-state index >= 15 is 0 Å². The number of anilines is 1. The monoisotopic (exact) mass is 413 g/mol. The first-order chi connectivity index (χ1) is 14.5. The summed E-state index contributed by atoms with van der Waals surface area (Å²) in [5, 5.41) is 0. The molecule has 6 heteroatoms. The summed E-state index contributed by atoms with van der Waals surface area (Å²) < 4.78 is 5.83. The van der Waals surface area contributed by atoms with Crippen molar-refractivity contribution in [2.24, 2.45) is 5.92 Å². The van der Waals surface area contributed by atoms with Gasteiger partial charge in [0, 0.05) is 58.5 Å². The van der Waals surface area contributed by atoms with Crippen molar-refractivity contribution >= 4 is 17.5 Å². The van der Waals surface area contributed by atoms with Crippen molar-refractivity contribution in [3.63, 3.8) is 0 Å². The molecule has 1 aromatic rings. The van der Waals surface area contributed by atoms with Crippen LogP contribution in [0.15, 0.2) is 24.3 Å². The van der Waals surface area contributed by atoms with E-state index < -0.39 is 0 Å². The summed E-state index contributed by atoms with van der Waals surface area (Å²) in [4.78, 5) is 32.1. The SMILES string of the molecule is CN(C)c1ccc(CN(C[C@H]2CCCO2)C(=O)[C@H]2CC(=O)N(C3CCCC3)C2)cc1. The molecule has 4 rings (SSSR count). The molecule has 2 amide bonds. The van der Waals surface area contributed by atoms with E-state index in [4.69, 9.17) is 4.74 Å². The topological polar surface area (TPSA) is 53.1 Å². The van der Waals surface area contributed by atoms with Gasteiger partial charge in [-0.1, -0.05) is 25.0 Å². The van der Waals surface area contributed by atoms with Gasteiger partial charge >= 0.3 is 0 Å². The van der Waals surface area contributed by atoms with Crippen molar-refractivity contribution < 1.29 is 14.3 Å². The number of ether oxygens (including phenoxy) is 1. The van der Waals surface area contributed by atoms with Gasteiger partial charge < -0.3 is 19.4 Å². The molecule has 2 saturated heterocycles. The number of benzene rings is 1. The van der Waals surface area contributed by atoms with Gasteiger partial charge in [0.15, 0.2) is 0 Å². The van der Waals surface area contributed by atoms with Crippen LogP contribution in [0.1, 0.15) is 50.5 Å². The first-order valence-electron chi connectivity index (χ1n) is 11.5. The van der Waals surface area contributed by atoms with Crippen molar-refractivity contribution in [3.8, 4) is 0 Å². The summed E-state index contributed by atoms with van der Waals surface area (Å²) >= 11 is 0. The summed E-state index contributed by atoms with van der Waals surface area (Å²) in [5.74, 6) is 0.0456. The number of hydrogen-bond acceptors (Lipinski definition) is 4. The fourth-order valence-electron chi connectivity index (χ4n) is 5.11. The van der Waals surface area contributed by atoms with Crippen LogP contribution >= 0.6 is 0 Å². The lowest BCUT2D eigenvalue weighted by Gasteiger charge is -2.29. The van der Waals surface area contributed by atoms with Gasteiger partial charge in [0.25, 0.3) is 0 Å². The molecular weight excluding hydrogens is 378 g/mol. The Balaban J connectivity index is 1.45. The Morgan fingerprint density at radius 3 is 2.47 bits per heavy atom. The zero-order chi connectivity index (χ0) is 21.1. The van der Waals surface area contributed by atoms with Crippen LogP contribution in [-0.2, 0) is 20.9 Å². The summed E-state index contributed by atoms with van der Waals surface area (Å²) in [6.07, 6.45) is 7.09. The number of nitrogens with zero attached hydrogens (tertiary/aromatic N) is 3. The van der Waals surface area contributed by atoms with Crippen LogP contribution < -0.4 is 4.90 Å². The Labute approximate surface area is 180 Å². The van der Waals surface area contributed by atoms with Crippen LogP contribution in [-0.4, -0.2) is 67.6 Å². The van der Waals surface area contributed by atoms with E-state index in [2.05, 4.69) is 29.2 Å². The van der Waals surface area contributed by atoms with Crippen LogP contribution in [0.2, 0.25) is 0 Å². The van der Waals surface area contributed by atoms with E-state index in [9.17, 15) is 9.59 Å². The van der Waals surface area contributed by atoms with Gasteiger partial charge in [0.1, 0.15) is 0 Å². The van der Waals surface area contributed by atoms with Crippen LogP contribution in [0.25, 0.3) is 0 Å². The molecule has 0 bridgehead atoms. The van der Waals surface area contributed by atoms with Gasteiger partial charge in [-0.2, -0.15) is 0 Å². The molecule has 1 saturated carbocycles. The number of rotatable bonds is 7. The number of hydrogen-bond donors (Lipinski definition) is 0. The highest BCUT2D eigenvalue weighted by Crippen LogP contribution is 2.31. The fourth-order valence-corrected chi connectivity index (χ4v) is 5.11. The van der Waals surface area contributed by atoms with E-state index in [0.717, 1.165) is 43.5 Å². The normalized spacial score (nSPS) is 24.6. The number of carbonyl (C=O) groups excluding carboxylic acids is 2. The number of carbonyl (C=O) groups is 2. The van der Waals surface area contributed by atoms with Gasteiger partial charge in [0.05, 0.1) is 12.0 Å². The average molecular weight is 414 g/mol. The zero-order valence-electron chi connectivity index (χ0n) is 18.4. The third-order valence-corrected chi connectivity index (χ3v) is 6.86. The van der Waals surface area contributed by atoms with Crippen LogP contribution in [0.3, 0.4) is 0 Å². The van der Waals surface area contributed by atoms with Crippen molar-refractivity contribution in [3.05, 3.63) is 29.8 Å². The predicted molar refractivity (Wildman–Crippen MR) is 117 cm³/mol. The second kappa shape index (κ2) is 9.38. The van der Waals surface area contributed by atoms with Gasteiger partial charge in [0.2, 0.25) is 11.8 Å². The van der Waals surface area contributed by atoms with E-state index in [1.165, 1.54) is 12.8 Å². The van der Waals surface area contributed by atoms with Crippen molar-refractivity contribution in [2.45, 2.75) is 63.6 Å². The van der Waals surface area contributed by atoms with E-state index in [0.29, 0.717) is 32.1 Å². The molecule has 0 radical (unpaired) electrons. The maximum atomic E-state index is 13.5. The highest BCUT2D eigenvalue weighted by Gasteiger charge is 2.40. The van der Waals surface area contributed by atoms with Gasteiger partial charge in [-0.25, -0.2) is 0 Å². The number of likely N-dealkylation sites (tertiary alicyclic amines) is 1. The minimum Gasteiger partial charge on any atom is -0.378 e. The molecule has 3 fully saturated rings. The Morgan fingerprint density at radius 1 is 1.10 bits per heavy atom. The molecule has 0 aromatic heterocycles. The largest absolute Gasteiger partial charge is 0.378 e. The number of amides is 2. The third-order valence-electron chi connectivity index (χ3n) is 6.86. The Hall–Kier alpha value is -2.08. The highest BCUT2D eigenvalue weighted by molar-refractivity contribution is 5.89. The highest BCUT2D eigenvalue weighted by atomic mass is 16.5. The Bertz CT molecular complexity index is 737. The van der Waals surface area contributed by atoms with Gasteiger partial charge in [-0.3, -0.25) is 9.59 Å². The second-order valence-electron chi connectivity index (χ2n) is 9.30. The van der Waals surface area contributed by atoms with E-state index in [-0.39, 0.29) is 23.8 Å². The minimum atomic E-state index is -0.222. The quantitative estimate of drug-likeness (QED) is 0.689. The molecule has 2 heterocycles. The maximum Gasteiger partial charge on any atom is 0.228 e.